The van der Waals surface area contributed by atoms with Gasteiger partial charge in [0.25, 0.3) is 0 Å². The lowest BCUT2D eigenvalue weighted by atomic mass is 10.2. The van der Waals surface area contributed by atoms with Crippen LogP contribution in [0.1, 0.15) is 38.2 Å². The van der Waals surface area contributed by atoms with E-state index < -0.39 is 24.4 Å². The Labute approximate surface area is 166 Å². The second-order valence-electron chi connectivity index (χ2n) is 5.32. The zero-order chi connectivity index (χ0) is 22.1. The second kappa shape index (κ2) is 15.4. The lowest BCUT2D eigenvalue weighted by Crippen LogP contribution is -2.04. The third kappa shape index (κ3) is 16.2. The summed E-state index contributed by atoms with van der Waals surface area (Å²) in [7, 11) is 0. The predicted octanol–water partition coefficient (Wildman–Crippen LogP) is 5.46. The molecule has 1 aromatic rings. The summed E-state index contributed by atoms with van der Waals surface area (Å²) in [6.45, 7) is 4.25. The third-order valence-electron chi connectivity index (χ3n) is 2.85. The molecule has 2 N–H and O–H groups in total. The van der Waals surface area contributed by atoms with Crippen LogP contribution in [0.5, 0.6) is 5.75 Å². The van der Waals surface area contributed by atoms with Crippen molar-refractivity contribution < 1.29 is 38.9 Å². The van der Waals surface area contributed by atoms with Gasteiger partial charge in [-0.3, -0.25) is 0 Å². The second-order valence-corrected chi connectivity index (χ2v) is 5.32. The van der Waals surface area contributed by atoms with Gasteiger partial charge in [0.05, 0.1) is 6.61 Å². The van der Waals surface area contributed by atoms with Gasteiger partial charge in [-0.15, -0.1) is 0 Å². The third-order valence-corrected chi connectivity index (χ3v) is 2.85. The molecular weight excluding hydrogens is 388 g/mol. The van der Waals surface area contributed by atoms with Gasteiger partial charge < -0.3 is 19.7 Å². The van der Waals surface area contributed by atoms with E-state index >= 15 is 0 Å². The predicted molar refractivity (Wildman–Crippen MR) is 98.5 cm³/mol. The van der Waals surface area contributed by atoms with Crippen LogP contribution in [0.15, 0.2) is 44.7 Å². The first-order valence-electron chi connectivity index (χ1n) is 8.49. The molecule has 0 radical (unpaired) electrons. The van der Waals surface area contributed by atoms with Crippen LogP contribution >= 0.6 is 0 Å². The molecule has 0 aliphatic heterocycles. The fraction of sp³-hybridized carbons (Fsp3) is 0.412. The van der Waals surface area contributed by atoms with Gasteiger partial charge in [-0.25, -0.2) is 19.2 Å². The van der Waals surface area contributed by atoms with Crippen molar-refractivity contribution in [1.82, 2.24) is 0 Å². The highest BCUT2D eigenvalue weighted by molar-refractivity contribution is 5.74. The van der Waals surface area contributed by atoms with Crippen LogP contribution in [0.4, 0.5) is 19.2 Å². The molecule has 0 bridgehead atoms. The number of carbonyl (C=O) groups excluding carboxylic acids is 2. The number of benzene rings is 1. The average Bonchev–Trinajstić information content (AvgIpc) is 2.65. The van der Waals surface area contributed by atoms with E-state index in [1.165, 1.54) is 0 Å². The Morgan fingerprint density at radius 1 is 0.897 bits per heavy atom. The molecule has 0 saturated carbocycles. The van der Waals surface area contributed by atoms with Crippen molar-refractivity contribution >= 4 is 24.4 Å². The van der Waals surface area contributed by atoms with Crippen LogP contribution in [0, 0.1) is 6.92 Å². The van der Waals surface area contributed by atoms with E-state index in [2.05, 4.69) is 27.4 Å². The van der Waals surface area contributed by atoms with Crippen molar-refractivity contribution in [3.63, 3.8) is 0 Å². The standard InChI is InChI=1S/C15H20N2O4.C2H2N2O4/c1-3-4-5-6-10-20-14(18)16-17-15(19)21-13-9-7-8-12(2)11-13;5-1(6)3-4-2(7)8/h7-9,11H,3-6,10H2,1-2H3;(H,5,6)(H,7,8). The Kier molecular flexibility index (Phi) is 13.4. The zero-order valence-electron chi connectivity index (χ0n) is 16.0. The molecule has 0 atom stereocenters. The zero-order valence-corrected chi connectivity index (χ0v) is 16.0. The Balaban J connectivity index is 0.000000828. The summed E-state index contributed by atoms with van der Waals surface area (Å²) in [6.07, 6.45) is -1.09. The number of ether oxygens (including phenoxy) is 2. The minimum Gasteiger partial charge on any atom is -0.462 e. The van der Waals surface area contributed by atoms with E-state index in [0.717, 1.165) is 31.2 Å². The molecule has 12 nitrogen and oxygen atoms in total. The lowest BCUT2D eigenvalue weighted by molar-refractivity contribution is 0.152. The van der Waals surface area contributed by atoms with Gasteiger partial charge in [0.2, 0.25) is 0 Å². The minimum atomic E-state index is -1.62. The van der Waals surface area contributed by atoms with E-state index in [9.17, 15) is 19.2 Å². The van der Waals surface area contributed by atoms with Gasteiger partial charge in [-0.2, -0.15) is 0 Å². The van der Waals surface area contributed by atoms with Crippen molar-refractivity contribution in [1.29, 1.82) is 0 Å². The van der Waals surface area contributed by atoms with E-state index in [1.54, 1.807) is 18.2 Å². The molecule has 0 aliphatic rings. The summed E-state index contributed by atoms with van der Waals surface area (Å²) >= 11 is 0. The first-order valence-corrected chi connectivity index (χ1v) is 8.49. The van der Waals surface area contributed by atoms with E-state index in [0.29, 0.717) is 5.75 Å². The van der Waals surface area contributed by atoms with Gasteiger partial charge in [0.1, 0.15) is 5.75 Å². The van der Waals surface area contributed by atoms with Crippen LogP contribution in [-0.4, -0.2) is 41.2 Å². The molecule has 1 rings (SSSR count). The van der Waals surface area contributed by atoms with Crippen LogP contribution < -0.4 is 4.74 Å². The number of carbonyl (C=O) groups is 4. The Hall–Kier alpha value is -3.70. The van der Waals surface area contributed by atoms with Crippen LogP contribution in [0.3, 0.4) is 0 Å². The van der Waals surface area contributed by atoms with Gasteiger partial charge in [-0.1, -0.05) is 58.8 Å². The molecular formula is C17H22N4O8. The molecule has 0 saturated heterocycles. The fourth-order valence-corrected chi connectivity index (χ4v) is 1.68. The number of azo groups is 2. The number of nitrogens with zero attached hydrogens (tertiary/aromatic N) is 4. The van der Waals surface area contributed by atoms with E-state index in [1.807, 2.05) is 13.0 Å². The van der Waals surface area contributed by atoms with Crippen LogP contribution in [0.25, 0.3) is 0 Å². The quantitative estimate of drug-likeness (QED) is 0.458. The number of unbranched alkanes of at least 4 members (excludes halogenated alkanes) is 3. The van der Waals surface area contributed by atoms with Gasteiger partial charge in [-0.05, 0) is 31.0 Å². The molecule has 0 spiro atoms. The smallest absolute Gasteiger partial charge is 0.458 e. The largest absolute Gasteiger partial charge is 0.462 e. The molecule has 12 heteroatoms. The maximum Gasteiger partial charge on any atom is 0.458 e. The maximum absolute atomic E-state index is 11.4. The first-order chi connectivity index (χ1) is 13.7. The summed E-state index contributed by atoms with van der Waals surface area (Å²) in [6, 6.07) is 6.92. The molecule has 0 fully saturated rings. The van der Waals surface area contributed by atoms with Gasteiger partial charge >= 0.3 is 24.4 Å². The monoisotopic (exact) mass is 410 g/mol. The van der Waals surface area contributed by atoms with Crippen molar-refractivity contribution in [2.45, 2.75) is 39.5 Å². The van der Waals surface area contributed by atoms with Crippen molar-refractivity contribution in [2.75, 3.05) is 6.61 Å². The molecule has 0 unspecified atom stereocenters. The molecule has 158 valence electrons. The number of hydrogen-bond acceptors (Lipinski definition) is 6. The minimum absolute atomic E-state index is 0.283. The van der Waals surface area contributed by atoms with E-state index in [4.69, 9.17) is 19.7 Å². The number of carboxylic acid groups (broad SMARTS) is 2. The summed E-state index contributed by atoms with van der Waals surface area (Å²) in [4.78, 5) is 41.3. The molecule has 0 aliphatic carbocycles. The number of hydrogen-bond donors (Lipinski definition) is 2. The fourth-order valence-electron chi connectivity index (χ4n) is 1.68. The normalized spacial score (nSPS) is 10.3. The van der Waals surface area contributed by atoms with Gasteiger partial charge in [0.15, 0.2) is 0 Å². The number of aryl methyl sites for hydroxylation is 1. The molecule has 0 aromatic heterocycles. The van der Waals surface area contributed by atoms with Crippen molar-refractivity contribution in [3.05, 3.63) is 29.8 Å². The van der Waals surface area contributed by atoms with E-state index in [-0.39, 0.29) is 6.61 Å². The summed E-state index contributed by atoms with van der Waals surface area (Å²) in [5.41, 5.74) is 0.948. The topological polar surface area (TPSA) is 177 Å². The Morgan fingerprint density at radius 3 is 2.07 bits per heavy atom. The van der Waals surface area contributed by atoms with Gasteiger partial charge in [0, 0.05) is 0 Å². The van der Waals surface area contributed by atoms with Crippen LogP contribution in [-0.2, 0) is 4.74 Å². The highest BCUT2D eigenvalue weighted by Crippen LogP contribution is 2.13. The number of rotatable bonds is 6. The highest BCUT2D eigenvalue weighted by Gasteiger charge is 2.05. The van der Waals surface area contributed by atoms with Crippen molar-refractivity contribution in [2.24, 2.45) is 20.5 Å². The Morgan fingerprint density at radius 2 is 1.52 bits per heavy atom. The average molecular weight is 410 g/mol. The summed E-state index contributed by atoms with van der Waals surface area (Å²) < 4.78 is 9.70. The highest BCUT2D eigenvalue weighted by atomic mass is 16.6. The lowest BCUT2D eigenvalue weighted by Gasteiger charge is -2.01. The number of amides is 4. The SMILES string of the molecule is CCCCCCOC(=O)N=NC(=O)Oc1cccc(C)c1.O=C(O)N=NC(=O)O. The van der Waals surface area contributed by atoms with Crippen LogP contribution in [0.2, 0.25) is 0 Å². The molecule has 0 heterocycles. The molecule has 4 amide bonds. The van der Waals surface area contributed by atoms with Crippen molar-refractivity contribution in [3.8, 4) is 5.75 Å². The first kappa shape index (κ1) is 25.3. The maximum atomic E-state index is 11.4. The Bertz CT molecular complexity index is 733. The summed E-state index contributed by atoms with van der Waals surface area (Å²) in [5.74, 6) is 0.354. The molecule has 29 heavy (non-hydrogen) atoms. The summed E-state index contributed by atoms with van der Waals surface area (Å²) in [5, 5.41) is 26.1. The molecule has 1 aromatic carbocycles.